The van der Waals surface area contributed by atoms with Crippen LogP contribution in [0.3, 0.4) is 0 Å². The molecule has 88 valence electrons. The molecule has 2 nitrogen and oxygen atoms in total. The van der Waals surface area contributed by atoms with Crippen LogP contribution in [0.15, 0.2) is 30.3 Å². The fourth-order valence-corrected chi connectivity index (χ4v) is 2.31. The standard InChI is InChI=1S/C12H16F2N2/c13-12(14)8-16-6-10(11(15)7-16)9-4-2-1-3-5-9/h1-5,10-12H,6-8,15H2/t10-,11+/m0/s1. The summed E-state index contributed by atoms with van der Waals surface area (Å²) in [6.07, 6.45) is -2.28. The summed E-state index contributed by atoms with van der Waals surface area (Å²) in [6, 6.07) is 9.84. The number of halogens is 2. The van der Waals surface area contributed by atoms with Gasteiger partial charge in [-0.05, 0) is 5.56 Å². The van der Waals surface area contributed by atoms with Crippen LogP contribution in [0.2, 0.25) is 0 Å². The lowest BCUT2D eigenvalue weighted by molar-refractivity contribution is 0.0986. The molecule has 0 amide bonds. The van der Waals surface area contributed by atoms with Crippen molar-refractivity contribution in [3.05, 3.63) is 35.9 Å². The number of likely N-dealkylation sites (tertiary alicyclic amines) is 1. The maximum atomic E-state index is 12.3. The van der Waals surface area contributed by atoms with Gasteiger partial charge < -0.3 is 5.73 Å². The van der Waals surface area contributed by atoms with Crippen molar-refractivity contribution in [3.8, 4) is 0 Å². The monoisotopic (exact) mass is 226 g/mol. The molecular formula is C12H16F2N2. The van der Waals surface area contributed by atoms with E-state index in [9.17, 15) is 8.78 Å². The van der Waals surface area contributed by atoms with Gasteiger partial charge in [0.05, 0.1) is 6.54 Å². The van der Waals surface area contributed by atoms with Crippen LogP contribution in [-0.2, 0) is 0 Å². The van der Waals surface area contributed by atoms with Crippen LogP contribution in [0.1, 0.15) is 11.5 Å². The second-order valence-corrected chi connectivity index (χ2v) is 4.29. The number of rotatable bonds is 3. The molecule has 1 aliphatic heterocycles. The molecule has 0 radical (unpaired) electrons. The first-order valence-electron chi connectivity index (χ1n) is 5.48. The van der Waals surface area contributed by atoms with E-state index in [0.717, 1.165) is 5.56 Å². The van der Waals surface area contributed by atoms with Gasteiger partial charge in [0, 0.05) is 25.0 Å². The van der Waals surface area contributed by atoms with Gasteiger partial charge in [-0.15, -0.1) is 0 Å². The van der Waals surface area contributed by atoms with Crippen molar-refractivity contribution >= 4 is 0 Å². The van der Waals surface area contributed by atoms with Gasteiger partial charge in [0.2, 0.25) is 0 Å². The molecule has 0 spiro atoms. The highest BCUT2D eigenvalue weighted by atomic mass is 19.3. The van der Waals surface area contributed by atoms with E-state index < -0.39 is 6.43 Å². The summed E-state index contributed by atoms with van der Waals surface area (Å²) in [5.41, 5.74) is 7.14. The fraction of sp³-hybridized carbons (Fsp3) is 0.500. The van der Waals surface area contributed by atoms with Crippen molar-refractivity contribution in [2.75, 3.05) is 19.6 Å². The minimum atomic E-state index is -2.28. The molecule has 1 fully saturated rings. The van der Waals surface area contributed by atoms with Crippen molar-refractivity contribution in [1.82, 2.24) is 4.90 Å². The Hall–Kier alpha value is -1.00. The zero-order chi connectivity index (χ0) is 11.5. The molecule has 16 heavy (non-hydrogen) atoms. The summed E-state index contributed by atoms with van der Waals surface area (Å²) in [5.74, 6) is 0.181. The van der Waals surface area contributed by atoms with Crippen LogP contribution in [0.5, 0.6) is 0 Å². The van der Waals surface area contributed by atoms with Crippen LogP contribution in [0, 0.1) is 0 Å². The van der Waals surface area contributed by atoms with Crippen molar-refractivity contribution in [3.63, 3.8) is 0 Å². The van der Waals surface area contributed by atoms with Gasteiger partial charge in [-0.2, -0.15) is 0 Å². The van der Waals surface area contributed by atoms with Gasteiger partial charge in [-0.25, -0.2) is 8.78 Å². The Labute approximate surface area is 94.0 Å². The summed E-state index contributed by atoms with van der Waals surface area (Å²) in [5, 5.41) is 0. The molecule has 0 unspecified atom stereocenters. The lowest BCUT2D eigenvalue weighted by atomic mass is 9.95. The van der Waals surface area contributed by atoms with Gasteiger partial charge in [0.15, 0.2) is 0 Å². The minimum Gasteiger partial charge on any atom is -0.326 e. The van der Waals surface area contributed by atoms with E-state index >= 15 is 0 Å². The third-order valence-corrected chi connectivity index (χ3v) is 3.06. The van der Waals surface area contributed by atoms with Gasteiger partial charge in [-0.1, -0.05) is 30.3 Å². The molecule has 1 aromatic rings. The largest absolute Gasteiger partial charge is 0.326 e. The van der Waals surface area contributed by atoms with Gasteiger partial charge in [-0.3, -0.25) is 4.90 Å². The van der Waals surface area contributed by atoms with Gasteiger partial charge >= 0.3 is 0 Å². The average Bonchev–Trinajstić information content (AvgIpc) is 2.60. The quantitative estimate of drug-likeness (QED) is 0.849. The molecule has 1 saturated heterocycles. The van der Waals surface area contributed by atoms with E-state index in [0.29, 0.717) is 13.1 Å². The molecule has 4 heteroatoms. The summed E-state index contributed by atoms with van der Waals surface area (Å²) >= 11 is 0. The van der Waals surface area contributed by atoms with Crippen molar-refractivity contribution in [2.45, 2.75) is 18.4 Å². The number of alkyl halides is 2. The zero-order valence-electron chi connectivity index (χ0n) is 9.02. The topological polar surface area (TPSA) is 29.3 Å². The van der Waals surface area contributed by atoms with Gasteiger partial charge in [0.1, 0.15) is 0 Å². The Morgan fingerprint density at radius 2 is 1.94 bits per heavy atom. The highest BCUT2D eigenvalue weighted by molar-refractivity contribution is 5.23. The minimum absolute atomic E-state index is 0.0406. The fourth-order valence-electron chi connectivity index (χ4n) is 2.31. The third kappa shape index (κ3) is 2.57. The second kappa shape index (κ2) is 4.89. The number of nitrogens with two attached hydrogens (primary N) is 1. The van der Waals surface area contributed by atoms with Gasteiger partial charge in [0.25, 0.3) is 6.43 Å². The van der Waals surface area contributed by atoms with E-state index in [1.165, 1.54) is 0 Å². The van der Waals surface area contributed by atoms with Crippen LogP contribution >= 0.6 is 0 Å². The molecule has 0 saturated carbocycles. The molecule has 1 aliphatic rings. The third-order valence-electron chi connectivity index (χ3n) is 3.06. The number of hydrogen-bond acceptors (Lipinski definition) is 2. The Morgan fingerprint density at radius 3 is 2.56 bits per heavy atom. The molecule has 2 rings (SSSR count). The van der Waals surface area contributed by atoms with Crippen LogP contribution < -0.4 is 5.73 Å². The molecule has 1 aromatic carbocycles. The summed E-state index contributed by atoms with van der Waals surface area (Å²) in [4.78, 5) is 1.74. The van der Waals surface area contributed by atoms with E-state index in [1.54, 1.807) is 4.90 Å². The Morgan fingerprint density at radius 1 is 1.25 bits per heavy atom. The van der Waals surface area contributed by atoms with Crippen LogP contribution in [0.4, 0.5) is 8.78 Å². The molecule has 2 N–H and O–H groups in total. The van der Waals surface area contributed by atoms with E-state index in [4.69, 9.17) is 5.73 Å². The zero-order valence-corrected chi connectivity index (χ0v) is 9.02. The summed E-state index contributed by atoms with van der Waals surface area (Å²) in [6.45, 7) is 1.02. The molecule has 2 atom stereocenters. The smallest absolute Gasteiger partial charge is 0.251 e. The normalized spacial score (nSPS) is 26.5. The first-order valence-corrected chi connectivity index (χ1v) is 5.48. The predicted octanol–water partition coefficient (Wildman–Crippen LogP) is 1.68. The van der Waals surface area contributed by atoms with Crippen molar-refractivity contribution < 1.29 is 8.78 Å². The highest BCUT2D eigenvalue weighted by Crippen LogP contribution is 2.26. The average molecular weight is 226 g/mol. The molecule has 0 aliphatic carbocycles. The highest BCUT2D eigenvalue weighted by Gasteiger charge is 2.32. The van der Waals surface area contributed by atoms with Crippen molar-refractivity contribution in [1.29, 1.82) is 0 Å². The summed E-state index contributed by atoms with van der Waals surface area (Å²) in [7, 11) is 0. The number of nitrogens with zero attached hydrogens (tertiary/aromatic N) is 1. The van der Waals surface area contributed by atoms with E-state index in [1.807, 2.05) is 30.3 Å². The lowest BCUT2D eigenvalue weighted by Crippen LogP contribution is -2.30. The maximum absolute atomic E-state index is 12.3. The predicted molar refractivity (Wildman–Crippen MR) is 59.6 cm³/mol. The molecule has 1 heterocycles. The number of hydrogen-bond donors (Lipinski definition) is 1. The lowest BCUT2D eigenvalue weighted by Gasteiger charge is -2.15. The Kier molecular flexibility index (Phi) is 3.51. The van der Waals surface area contributed by atoms with E-state index in [2.05, 4.69) is 0 Å². The first-order chi connectivity index (χ1) is 7.66. The second-order valence-electron chi connectivity index (χ2n) is 4.29. The number of benzene rings is 1. The van der Waals surface area contributed by atoms with Crippen molar-refractivity contribution in [2.24, 2.45) is 5.73 Å². The SMILES string of the molecule is N[C@@H]1CN(CC(F)F)C[C@H]1c1ccccc1. The maximum Gasteiger partial charge on any atom is 0.251 e. The first kappa shape index (κ1) is 11.5. The van der Waals surface area contributed by atoms with Crippen LogP contribution in [0.25, 0.3) is 0 Å². The Balaban J connectivity index is 2.03. The Bertz CT molecular complexity index is 329. The molecule has 0 bridgehead atoms. The van der Waals surface area contributed by atoms with Crippen LogP contribution in [-0.4, -0.2) is 37.0 Å². The summed E-state index contributed by atoms with van der Waals surface area (Å²) < 4.78 is 24.5. The van der Waals surface area contributed by atoms with E-state index in [-0.39, 0.29) is 18.5 Å². The molecular weight excluding hydrogens is 210 g/mol. The molecule has 0 aromatic heterocycles.